The van der Waals surface area contributed by atoms with Crippen molar-refractivity contribution in [2.45, 2.75) is 26.7 Å². The van der Waals surface area contributed by atoms with Gasteiger partial charge in [-0.15, -0.1) is 0 Å². The van der Waals surface area contributed by atoms with Gasteiger partial charge in [-0.3, -0.25) is 4.57 Å². The molecule has 4 aromatic carbocycles. The van der Waals surface area contributed by atoms with Gasteiger partial charge in [-0.2, -0.15) is 0 Å². The Balaban J connectivity index is 1.52. The van der Waals surface area contributed by atoms with Gasteiger partial charge in [-0.25, -0.2) is 14.8 Å². The van der Waals surface area contributed by atoms with E-state index < -0.39 is 5.97 Å². The summed E-state index contributed by atoms with van der Waals surface area (Å²) in [5.41, 5.74) is 9.10. The van der Waals surface area contributed by atoms with Crippen LogP contribution in [-0.2, 0) is 13.5 Å². The minimum atomic E-state index is -0.930. The Hall–Kier alpha value is -4.71. The summed E-state index contributed by atoms with van der Waals surface area (Å²) in [6, 6.07) is 27.7. The van der Waals surface area contributed by atoms with E-state index in [1.807, 2.05) is 54.6 Å². The highest BCUT2D eigenvalue weighted by Gasteiger charge is 2.18. The molecule has 0 aliphatic heterocycles. The lowest BCUT2D eigenvalue weighted by Crippen LogP contribution is -2.02. The minimum Gasteiger partial charge on any atom is -0.478 e. The number of aromatic carboxylic acids is 1. The van der Waals surface area contributed by atoms with E-state index in [2.05, 4.69) is 48.2 Å². The lowest BCUT2D eigenvalue weighted by molar-refractivity contribution is 0.0697. The summed E-state index contributed by atoms with van der Waals surface area (Å²) in [5.74, 6) is 0.994. The van der Waals surface area contributed by atoms with Crippen LogP contribution < -0.4 is 0 Å². The summed E-state index contributed by atoms with van der Waals surface area (Å²) < 4.78 is 4.36. The number of aryl methyl sites for hydroxylation is 3. The quantitative estimate of drug-likeness (QED) is 0.262. The molecule has 6 nitrogen and oxygen atoms in total. The van der Waals surface area contributed by atoms with Gasteiger partial charge in [0.25, 0.3) is 0 Å². The normalized spacial score (nSPS) is 11.4. The molecule has 188 valence electrons. The fourth-order valence-corrected chi connectivity index (χ4v) is 5.32. The number of benzene rings is 4. The van der Waals surface area contributed by atoms with Crippen molar-refractivity contribution >= 4 is 28.0 Å². The van der Waals surface area contributed by atoms with Crippen LogP contribution in [0.2, 0.25) is 0 Å². The number of carboxylic acid groups (broad SMARTS) is 1. The third kappa shape index (κ3) is 3.86. The summed E-state index contributed by atoms with van der Waals surface area (Å²) in [6.07, 6.45) is 1.82. The second-order valence-corrected chi connectivity index (χ2v) is 9.66. The second-order valence-electron chi connectivity index (χ2n) is 9.66. The van der Waals surface area contributed by atoms with Crippen LogP contribution in [0.1, 0.15) is 35.1 Å². The molecule has 0 amide bonds. The standard InChI is InChI=1S/C32H28N4O2/c1-4-9-29-34-30-20(2)18-22(31-33-26-12-7-8-13-27(26)35(31)3)19-28(30)36(29)23-16-14-21(15-17-23)24-10-5-6-11-25(24)32(37)38/h5-8,10-19H,4,9H2,1-3H3,(H,37,38). The summed E-state index contributed by atoms with van der Waals surface area (Å²) >= 11 is 0. The third-order valence-electron chi connectivity index (χ3n) is 7.13. The average molecular weight is 501 g/mol. The highest BCUT2D eigenvalue weighted by atomic mass is 16.4. The second kappa shape index (κ2) is 9.30. The largest absolute Gasteiger partial charge is 0.478 e. The van der Waals surface area contributed by atoms with Crippen LogP contribution in [0.3, 0.4) is 0 Å². The molecule has 0 aliphatic rings. The summed E-state index contributed by atoms with van der Waals surface area (Å²) in [7, 11) is 2.05. The van der Waals surface area contributed by atoms with Crippen LogP contribution in [0, 0.1) is 6.92 Å². The zero-order valence-electron chi connectivity index (χ0n) is 21.6. The molecule has 0 spiro atoms. The van der Waals surface area contributed by atoms with E-state index in [1.54, 1.807) is 12.1 Å². The maximum Gasteiger partial charge on any atom is 0.336 e. The van der Waals surface area contributed by atoms with Gasteiger partial charge in [-0.1, -0.05) is 49.4 Å². The van der Waals surface area contributed by atoms with Gasteiger partial charge in [-0.05, 0) is 72.5 Å². The molecule has 1 N–H and O–H groups in total. The molecule has 6 aromatic rings. The molecule has 0 aliphatic carbocycles. The van der Waals surface area contributed by atoms with Crippen molar-refractivity contribution in [2.75, 3.05) is 0 Å². The molecule has 38 heavy (non-hydrogen) atoms. The van der Waals surface area contributed by atoms with Crippen molar-refractivity contribution in [3.63, 3.8) is 0 Å². The van der Waals surface area contributed by atoms with Gasteiger partial charge in [0.1, 0.15) is 11.6 Å². The Bertz CT molecular complexity index is 1830. The fourth-order valence-electron chi connectivity index (χ4n) is 5.32. The van der Waals surface area contributed by atoms with Crippen molar-refractivity contribution in [1.29, 1.82) is 0 Å². The Morgan fingerprint density at radius 3 is 2.34 bits per heavy atom. The van der Waals surface area contributed by atoms with Gasteiger partial charge in [0, 0.05) is 24.7 Å². The van der Waals surface area contributed by atoms with Crippen molar-refractivity contribution < 1.29 is 9.90 Å². The van der Waals surface area contributed by atoms with Crippen LogP contribution >= 0.6 is 0 Å². The average Bonchev–Trinajstić information content (AvgIpc) is 3.47. The number of nitrogens with zero attached hydrogens (tertiary/aromatic N) is 4. The first kappa shape index (κ1) is 23.7. The molecule has 0 atom stereocenters. The molecule has 0 fully saturated rings. The Morgan fingerprint density at radius 2 is 1.61 bits per heavy atom. The van der Waals surface area contributed by atoms with Gasteiger partial charge in [0.15, 0.2) is 0 Å². The first-order valence-corrected chi connectivity index (χ1v) is 12.8. The predicted octanol–water partition coefficient (Wildman–Crippen LogP) is 7.21. The van der Waals surface area contributed by atoms with Gasteiger partial charge >= 0.3 is 5.97 Å². The third-order valence-corrected chi connectivity index (χ3v) is 7.13. The number of para-hydroxylation sites is 2. The number of aromatic nitrogens is 4. The van der Waals surface area contributed by atoms with Gasteiger partial charge in [0.2, 0.25) is 0 Å². The lowest BCUT2D eigenvalue weighted by Gasteiger charge is -2.12. The van der Waals surface area contributed by atoms with E-state index in [1.165, 1.54) is 0 Å². The highest BCUT2D eigenvalue weighted by Crippen LogP contribution is 2.32. The number of carbonyl (C=O) groups is 1. The number of hydrogen-bond donors (Lipinski definition) is 1. The predicted molar refractivity (Wildman–Crippen MR) is 152 cm³/mol. The van der Waals surface area contributed by atoms with Gasteiger partial charge < -0.3 is 9.67 Å². The van der Waals surface area contributed by atoms with Crippen LogP contribution in [-0.4, -0.2) is 30.2 Å². The fraction of sp³-hybridized carbons (Fsp3) is 0.156. The summed E-state index contributed by atoms with van der Waals surface area (Å²) in [6.45, 7) is 4.26. The Kier molecular flexibility index (Phi) is 5.80. The SMILES string of the molecule is CCCc1nc2c(C)cc(-c3nc4ccccc4n3C)cc2n1-c1ccc(-c2ccccc2C(=O)O)cc1. The van der Waals surface area contributed by atoms with E-state index in [0.29, 0.717) is 11.1 Å². The molecular weight excluding hydrogens is 472 g/mol. The highest BCUT2D eigenvalue weighted by molar-refractivity contribution is 5.96. The van der Waals surface area contributed by atoms with Crippen LogP contribution in [0.5, 0.6) is 0 Å². The summed E-state index contributed by atoms with van der Waals surface area (Å²) in [4.78, 5) is 21.7. The molecule has 6 heteroatoms. The van der Waals surface area contributed by atoms with E-state index in [-0.39, 0.29) is 0 Å². The first-order chi connectivity index (χ1) is 18.5. The molecule has 0 radical (unpaired) electrons. The first-order valence-electron chi connectivity index (χ1n) is 12.8. The zero-order chi connectivity index (χ0) is 26.4. The topological polar surface area (TPSA) is 72.9 Å². The molecular formula is C32H28N4O2. The van der Waals surface area contributed by atoms with E-state index in [9.17, 15) is 9.90 Å². The number of carboxylic acids is 1. The van der Waals surface area contributed by atoms with Crippen molar-refractivity contribution in [3.05, 3.63) is 102 Å². The Labute approximate surface area is 220 Å². The van der Waals surface area contributed by atoms with Crippen molar-refractivity contribution in [2.24, 2.45) is 7.05 Å². The van der Waals surface area contributed by atoms with E-state index >= 15 is 0 Å². The minimum absolute atomic E-state index is 0.294. The van der Waals surface area contributed by atoms with Gasteiger partial charge in [0.05, 0.1) is 27.6 Å². The van der Waals surface area contributed by atoms with Crippen LogP contribution in [0.25, 0.3) is 50.3 Å². The smallest absolute Gasteiger partial charge is 0.336 e. The van der Waals surface area contributed by atoms with Crippen LogP contribution in [0.15, 0.2) is 84.9 Å². The molecule has 0 saturated carbocycles. The Morgan fingerprint density at radius 1 is 0.868 bits per heavy atom. The van der Waals surface area contributed by atoms with E-state index in [0.717, 1.165) is 68.9 Å². The molecule has 0 saturated heterocycles. The molecule has 2 heterocycles. The maximum atomic E-state index is 11.8. The van der Waals surface area contributed by atoms with Crippen molar-refractivity contribution in [1.82, 2.24) is 19.1 Å². The monoisotopic (exact) mass is 500 g/mol. The number of fused-ring (bicyclic) bond motifs is 2. The zero-order valence-corrected chi connectivity index (χ0v) is 21.6. The van der Waals surface area contributed by atoms with E-state index in [4.69, 9.17) is 9.97 Å². The number of imidazole rings is 2. The molecule has 2 aromatic heterocycles. The maximum absolute atomic E-state index is 11.8. The number of hydrogen-bond acceptors (Lipinski definition) is 3. The lowest BCUT2D eigenvalue weighted by atomic mass is 9.99. The number of rotatable bonds is 6. The molecule has 0 bridgehead atoms. The van der Waals surface area contributed by atoms with Crippen molar-refractivity contribution in [3.8, 4) is 28.2 Å². The molecule has 0 unspecified atom stereocenters. The summed E-state index contributed by atoms with van der Waals surface area (Å²) in [5, 5.41) is 9.64. The van der Waals surface area contributed by atoms with Crippen LogP contribution in [0.4, 0.5) is 0 Å². The molecule has 6 rings (SSSR count).